The molecule has 2 amide bonds. The quantitative estimate of drug-likeness (QED) is 0.616. The van der Waals surface area contributed by atoms with Crippen molar-refractivity contribution in [1.29, 1.82) is 0 Å². The molecule has 0 aliphatic carbocycles. The van der Waals surface area contributed by atoms with Gasteiger partial charge in [0.25, 0.3) is 0 Å². The van der Waals surface area contributed by atoms with Gasteiger partial charge in [-0.3, -0.25) is 9.59 Å². The van der Waals surface area contributed by atoms with E-state index in [4.69, 9.17) is 5.73 Å². The lowest BCUT2D eigenvalue weighted by atomic mass is 9.91. The number of primary amides is 1. The SMILES string of the molecule is C[C@@H](CNC(=O)C(C)(C)C(N)=O)Sc1ccccc1. The van der Waals surface area contributed by atoms with Crippen LogP contribution in [0.1, 0.15) is 20.8 Å². The molecule has 0 aliphatic heterocycles. The van der Waals surface area contributed by atoms with Gasteiger partial charge in [-0.2, -0.15) is 0 Å². The fraction of sp³-hybridized carbons (Fsp3) is 0.429. The van der Waals surface area contributed by atoms with Crippen LogP contribution in [0, 0.1) is 5.41 Å². The van der Waals surface area contributed by atoms with Crippen LogP contribution < -0.4 is 11.1 Å². The number of carbonyl (C=O) groups excluding carboxylic acids is 2. The van der Waals surface area contributed by atoms with E-state index in [9.17, 15) is 9.59 Å². The summed E-state index contributed by atoms with van der Waals surface area (Å²) >= 11 is 1.67. The van der Waals surface area contributed by atoms with E-state index in [-0.39, 0.29) is 11.2 Å². The largest absolute Gasteiger partial charge is 0.369 e. The van der Waals surface area contributed by atoms with Crippen LogP contribution in [0.25, 0.3) is 0 Å². The molecule has 0 heterocycles. The second-order valence-corrected chi connectivity index (χ2v) is 6.45. The van der Waals surface area contributed by atoms with Crippen molar-refractivity contribution in [3.63, 3.8) is 0 Å². The van der Waals surface area contributed by atoms with Crippen molar-refractivity contribution in [2.45, 2.75) is 30.9 Å². The van der Waals surface area contributed by atoms with Crippen LogP contribution >= 0.6 is 11.8 Å². The Morgan fingerprint density at radius 1 is 1.32 bits per heavy atom. The van der Waals surface area contributed by atoms with Crippen LogP contribution in [0.4, 0.5) is 0 Å². The zero-order valence-electron chi connectivity index (χ0n) is 11.5. The zero-order chi connectivity index (χ0) is 14.5. The number of hydrogen-bond acceptors (Lipinski definition) is 3. The molecule has 3 N–H and O–H groups in total. The minimum absolute atomic E-state index is 0.218. The molecule has 0 fully saturated rings. The molecule has 1 aromatic carbocycles. The second-order valence-electron chi connectivity index (χ2n) is 4.94. The van der Waals surface area contributed by atoms with E-state index in [0.29, 0.717) is 6.54 Å². The third-order valence-electron chi connectivity index (χ3n) is 2.81. The van der Waals surface area contributed by atoms with E-state index in [1.54, 1.807) is 11.8 Å². The van der Waals surface area contributed by atoms with Gasteiger partial charge in [-0.05, 0) is 26.0 Å². The molecule has 0 aliphatic rings. The highest BCUT2D eigenvalue weighted by Crippen LogP contribution is 2.22. The van der Waals surface area contributed by atoms with Crippen LogP contribution in [0.2, 0.25) is 0 Å². The lowest BCUT2D eigenvalue weighted by molar-refractivity contribution is -0.139. The fourth-order valence-corrected chi connectivity index (χ4v) is 2.29. The van der Waals surface area contributed by atoms with Crippen LogP contribution in [0.3, 0.4) is 0 Å². The standard InChI is InChI=1S/C14H20N2O2S/c1-10(19-11-7-5-4-6-8-11)9-16-13(18)14(2,3)12(15)17/h4-8,10H,9H2,1-3H3,(H2,15,17)(H,16,18)/t10-/m0/s1. The normalized spacial score (nSPS) is 12.8. The van der Waals surface area contributed by atoms with Crippen molar-refractivity contribution >= 4 is 23.6 Å². The average Bonchev–Trinajstić information content (AvgIpc) is 2.36. The van der Waals surface area contributed by atoms with Crippen LogP contribution in [-0.2, 0) is 9.59 Å². The van der Waals surface area contributed by atoms with Gasteiger partial charge < -0.3 is 11.1 Å². The molecule has 5 heteroatoms. The van der Waals surface area contributed by atoms with Crippen molar-refractivity contribution in [3.05, 3.63) is 30.3 Å². The van der Waals surface area contributed by atoms with Crippen molar-refractivity contribution in [2.75, 3.05) is 6.54 Å². The molecule has 0 aromatic heterocycles. The molecule has 0 saturated carbocycles. The van der Waals surface area contributed by atoms with Gasteiger partial charge in [0.05, 0.1) is 0 Å². The Morgan fingerprint density at radius 3 is 2.42 bits per heavy atom. The Hall–Kier alpha value is -1.49. The van der Waals surface area contributed by atoms with Crippen molar-refractivity contribution in [3.8, 4) is 0 Å². The van der Waals surface area contributed by atoms with Crippen LogP contribution in [-0.4, -0.2) is 23.6 Å². The average molecular weight is 280 g/mol. The molecule has 104 valence electrons. The number of hydrogen-bond donors (Lipinski definition) is 2. The molecule has 19 heavy (non-hydrogen) atoms. The first-order valence-electron chi connectivity index (χ1n) is 6.14. The molecule has 0 radical (unpaired) electrons. The number of benzene rings is 1. The summed E-state index contributed by atoms with van der Waals surface area (Å²) in [7, 11) is 0. The minimum atomic E-state index is -1.17. The molecule has 0 bridgehead atoms. The first kappa shape index (κ1) is 15.6. The van der Waals surface area contributed by atoms with Crippen molar-refractivity contribution in [1.82, 2.24) is 5.32 Å². The molecule has 1 aromatic rings. The van der Waals surface area contributed by atoms with Crippen molar-refractivity contribution in [2.24, 2.45) is 11.1 Å². The lowest BCUT2D eigenvalue weighted by Crippen LogP contribution is -2.47. The third kappa shape index (κ3) is 4.59. The van der Waals surface area contributed by atoms with Crippen molar-refractivity contribution < 1.29 is 9.59 Å². The number of thioether (sulfide) groups is 1. The summed E-state index contributed by atoms with van der Waals surface area (Å²) in [5.74, 6) is -0.950. The van der Waals surface area contributed by atoms with Gasteiger partial charge in [0.15, 0.2) is 0 Å². The molecule has 1 rings (SSSR count). The van der Waals surface area contributed by atoms with Gasteiger partial charge in [-0.15, -0.1) is 11.8 Å². The number of amides is 2. The summed E-state index contributed by atoms with van der Waals surface area (Å²) in [4.78, 5) is 24.1. The molecule has 4 nitrogen and oxygen atoms in total. The highest BCUT2D eigenvalue weighted by molar-refractivity contribution is 8.00. The first-order valence-corrected chi connectivity index (χ1v) is 7.02. The zero-order valence-corrected chi connectivity index (χ0v) is 12.3. The van der Waals surface area contributed by atoms with E-state index >= 15 is 0 Å². The van der Waals surface area contributed by atoms with Gasteiger partial charge >= 0.3 is 0 Å². The maximum absolute atomic E-state index is 11.8. The number of carbonyl (C=O) groups is 2. The van der Waals surface area contributed by atoms with Gasteiger partial charge in [-0.1, -0.05) is 25.1 Å². The van der Waals surface area contributed by atoms with E-state index in [2.05, 4.69) is 5.32 Å². The molecule has 0 unspecified atom stereocenters. The predicted molar refractivity (Wildman–Crippen MR) is 77.7 cm³/mol. The van der Waals surface area contributed by atoms with E-state index in [0.717, 1.165) is 4.90 Å². The van der Waals surface area contributed by atoms with E-state index < -0.39 is 11.3 Å². The second kappa shape index (κ2) is 6.61. The van der Waals surface area contributed by atoms with Crippen LogP contribution in [0.15, 0.2) is 35.2 Å². The molecular weight excluding hydrogens is 260 g/mol. The van der Waals surface area contributed by atoms with Gasteiger partial charge in [0.2, 0.25) is 11.8 Å². The van der Waals surface area contributed by atoms with E-state index in [1.165, 1.54) is 13.8 Å². The summed E-state index contributed by atoms with van der Waals surface area (Å²) in [6, 6.07) is 9.96. The lowest BCUT2D eigenvalue weighted by Gasteiger charge is -2.21. The Kier molecular flexibility index (Phi) is 5.42. The predicted octanol–water partition coefficient (Wildman–Crippen LogP) is 1.79. The Balaban J connectivity index is 2.45. The number of nitrogens with two attached hydrogens (primary N) is 1. The third-order valence-corrected chi connectivity index (χ3v) is 3.93. The summed E-state index contributed by atoms with van der Waals surface area (Å²) < 4.78 is 0. The summed E-state index contributed by atoms with van der Waals surface area (Å²) in [6.07, 6.45) is 0. The smallest absolute Gasteiger partial charge is 0.235 e. The fourth-order valence-electron chi connectivity index (χ4n) is 1.34. The molecule has 0 spiro atoms. The number of nitrogens with one attached hydrogen (secondary N) is 1. The summed E-state index contributed by atoms with van der Waals surface area (Å²) in [5, 5.41) is 2.98. The first-order chi connectivity index (χ1) is 8.84. The van der Waals surface area contributed by atoms with E-state index in [1.807, 2.05) is 37.3 Å². The topological polar surface area (TPSA) is 72.2 Å². The van der Waals surface area contributed by atoms with Gasteiger partial charge in [0.1, 0.15) is 5.41 Å². The highest BCUT2D eigenvalue weighted by atomic mass is 32.2. The Morgan fingerprint density at radius 2 is 1.89 bits per heavy atom. The monoisotopic (exact) mass is 280 g/mol. The number of rotatable bonds is 6. The van der Waals surface area contributed by atoms with Crippen LogP contribution in [0.5, 0.6) is 0 Å². The summed E-state index contributed by atoms with van der Waals surface area (Å²) in [5.41, 5.74) is 4.03. The molecular formula is C14H20N2O2S. The maximum atomic E-state index is 11.8. The Labute approximate surface area is 118 Å². The van der Waals surface area contributed by atoms with Gasteiger partial charge in [-0.25, -0.2) is 0 Å². The van der Waals surface area contributed by atoms with Gasteiger partial charge in [0, 0.05) is 16.7 Å². The maximum Gasteiger partial charge on any atom is 0.235 e. The molecule has 0 saturated heterocycles. The minimum Gasteiger partial charge on any atom is -0.369 e. The summed E-state index contributed by atoms with van der Waals surface area (Å²) in [6.45, 7) is 5.57. The highest BCUT2D eigenvalue weighted by Gasteiger charge is 2.33. The molecule has 1 atom stereocenters. The Bertz CT molecular complexity index is 446.